The van der Waals surface area contributed by atoms with E-state index in [1.165, 1.54) is 10.1 Å². The Morgan fingerprint density at radius 2 is 2.57 bits per heavy atom. The molecular formula is C5H6IN. The summed E-state index contributed by atoms with van der Waals surface area (Å²) < 4.78 is 1.22. The Morgan fingerprint density at radius 1 is 1.71 bits per heavy atom. The van der Waals surface area contributed by atoms with Crippen LogP contribution in [0.4, 0.5) is 0 Å². The summed E-state index contributed by atoms with van der Waals surface area (Å²) in [7, 11) is 0. The highest BCUT2D eigenvalue weighted by Gasteiger charge is 1.92. The number of hydrogen-bond acceptors (Lipinski definition) is 1. The van der Waals surface area contributed by atoms with Crippen LogP contribution in [-0.4, -0.2) is 3.72 Å². The van der Waals surface area contributed by atoms with Crippen LogP contribution in [0.3, 0.4) is 0 Å². The molecule has 2 heteroatoms. The van der Waals surface area contributed by atoms with Gasteiger partial charge in [0.2, 0.25) is 0 Å². The normalized spacial score (nSPS) is 19.3. The first-order valence-corrected chi connectivity index (χ1v) is 3.34. The molecule has 7 heavy (non-hydrogen) atoms. The van der Waals surface area contributed by atoms with Gasteiger partial charge in [0.1, 0.15) is 0 Å². The second kappa shape index (κ2) is 2.45. The summed E-state index contributed by atoms with van der Waals surface area (Å²) in [5.41, 5.74) is 0. The van der Waals surface area contributed by atoms with Gasteiger partial charge in [-0.3, -0.25) is 4.99 Å². The maximum Gasteiger partial charge on any atom is 0.0786 e. The summed E-state index contributed by atoms with van der Waals surface area (Å²) in [6.45, 7) is 0. The average Bonchev–Trinajstić information content (AvgIpc) is 1.69. The molecule has 38 valence electrons. The summed E-state index contributed by atoms with van der Waals surface area (Å²) in [5, 5.41) is 0. The van der Waals surface area contributed by atoms with Crippen molar-refractivity contribution in [3.05, 3.63) is 12.3 Å². The minimum atomic E-state index is 1.14. The molecule has 0 radical (unpaired) electrons. The van der Waals surface area contributed by atoms with E-state index in [0.717, 1.165) is 6.42 Å². The van der Waals surface area contributed by atoms with E-state index in [1.807, 2.05) is 6.20 Å². The molecule has 1 heterocycles. The molecule has 0 spiro atoms. The highest BCUT2D eigenvalue weighted by atomic mass is 127. The van der Waals surface area contributed by atoms with Gasteiger partial charge in [-0.15, -0.1) is 0 Å². The van der Waals surface area contributed by atoms with Crippen LogP contribution < -0.4 is 0 Å². The molecule has 1 aliphatic heterocycles. The third-order valence-electron chi connectivity index (χ3n) is 0.837. The maximum atomic E-state index is 4.05. The zero-order valence-corrected chi connectivity index (χ0v) is 6.05. The van der Waals surface area contributed by atoms with Crippen molar-refractivity contribution in [1.29, 1.82) is 0 Å². The molecule has 0 saturated carbocycles. The van der Waals surface area contributed by atoms with Gasteiger partial charge < -0.3 is 0 Å². The molecule has 0 aromatic rings. The lowest BCUT2D eigenvalue weighted by molar-refractivity contribution is 1.08. The minimum absolute atomic E-state index is 1.14. The summed E-state index contributed by atoms with van der Waals surface area (Å²) in [4.78, 5) is 4.05. The van der Waals surface area contributed by atoms with Crippen molar-refractivity contribution < 1.29 is 0 Å². The van der Waals surface area contributed by atoms with Crippen molar-refractivity contribution in [2.75, 3.05) is 0 Å². The van der Waals surface area contributed by atoms with Gasteiger partial charge in [0.15, 0.2) is 0 Å². The van der Waals surface area contributed by atoms with Gasteiger partial charge >= 0.3 is 0 Å². The number of nitrogens with zero attached hydrogens (tertiary/aromatic N) is 1. The molecule has 0 unspecified atom stereocenters. The lowest BCUT2D eigenvalue weighted by Crippen LogP contribution is -1.86. The van der Waals surface area contributed by atoms with E-state index in [1.54, 1.807) is 0 Å². The van der Waals surface area contributed by atoms with E-state index in [9.17, 15) is 0 Å². The smallest absolute Gasteiger partial charge is 0.0786 e. The predicted molar refractivity (Wildman–Crippen MR) is 39.8 cm³/mol. The van der Waals surface area contributed by atoms with E-state index in [4.69, 9.17) is 0 Å². The molecule has 1 aliphatic rings. The molecule has 0 aromatic heterocycles. The third kappa shape index (κ3) is 1.59. The van der Waals surface area contributed by atoms with Crippen molar-refractivity contribution in [2.45, 2.75) is 12.8 Å². The minimum Gasteiger partial charge on any atom is -0.255 e. The largest absolute Gasteiger partial charge is 0.255 e. The van der Waals surface area contributed by atoms with Crippen LogP contribution in [0.15, 0.2) is 17.3 Å². The standard InChI is InChI=1S/C5H6IN/c6-5-3-1-2-4-7-5/h2,4H,1,3H2. The molecule has 0 aromatic carbocycles. The quantitative estimate of drug-likeness (QED) is 0.539. The van der Waals surface area contributed by atoms with Gasteiger partial charge in [0.05, 0.1) is 3.72 Å². The third-order valence-corrected chi connectivity index (χ3v) is 1.66. The summed E-state index contributed by atoms with van der Waals surface area (Å²) >= 11 is 2.26. The highest BCUT2D eigenvalue weighted by molar-refractivity contribution is 14.1. The topological polar surface area (TPSA) is 12.4 Å². The fraction of sp³-hybridized carbons (Fsp3) is 0.400. The molecular weight excluding hydrogens is 201 g/mol. The first kappa shape index (κ1) is 5.28. The number of allylic oxidation sites excluding steroid dienone is 1. The van der Waals surface area contributed by atoms with Gasteiger partial charge in [-0.25, -0.2) is 0 Å². The number of aliphatic imine (C=N–C) groups is 1. The molecule has 1 rings (SSSR count). The molecule has 0 fully saturated rings. The molecule has 0 amide bonds. The molecule has 1 nitrogen and oxygen atoms in total. The second-order valence-corrected chi connectivity index (χ2v) is 2.67. The van der Waals surface area contributed by atoms with Crippen LogP contribution in [-0.2, 0) is 0 Å². The van der Waals surface area contributed by atoms with Crippen LogP contribution in [0.2, 0.25) is 0 Å². The summed E-state index contributed by atoms with van der Waals surface area (Å²) in [5.74, 6) is 0. The fourth-order valence-electron chi connectivity index (χ4n) is 0.475. The van der Waals surface area contributed by atoms with Crippen molar-refractivity contribution in [3.63, 3.8) is 0 Å². The van der Waals surface area contributed by atoms with E-state index in [0.29, 0.717) is 0 Å². The van der Waals surface area contributed by atoms with Crippen LogP contribution in [0.1, 0.15) is 12.8 Å². The van der Waals surface area contributed by atoms with Crippen molar-refractivity contribution >= 4 is 26.3 Å². The Labute approximate surface area is 56.7 Å². The van der Waals surface area contributed by atoms with Crippen molar-refractivity contribution in [1.82, 2.24) is 0 Å². The lowest BCUT2D eigenvalue weighted by Gasteiger charge is -1.95. The second-order valence-electron chi connectivity index (χ2n) is 1.43. The van der Waals surface area contributed by atoms with Crippen molar-refractivity contribution in [2.24, 2.45) is 4.99 Å². The van der Waals surface area contributed by atoms with Crippen molar-refractivity contribution in [3.8, 4) is 0 Å². The lowest BCUT2D eigenvalue weighted by atomic mass is 10.3. The van der Waals surface area contributed by atoms with Gasteiger partial charge in [-0.05, 0) is 35.4 Å². The van der Waals surface area contributed by atoms with Crippen LogP contribution in [0, 0.1) is 0 Å². The van der Waals surface area contributed by atoms with E-state index < -0.39 is 0 Å². The van der Waals surface area contributed by atoms with E-state index >= 15 is 0 Å². The monoisotopic (exact) mass is 207 g/mol. The summed E-state index contributed by atoms with van der Waals surface area (Å²) in [6.07, 6.45) is 6.26. The fourth-order valence-corrected chi connectivity index (χ4v) is 0.947. The van der Waals surface area contributed by atoms with Gasteiger partial charge in [0, 0.05) is 6.20 Å². The first-order valence-electron chi connectivity index (χ1n) is 2.27. The summed E-state index contributed by atoms with van der Waals surface area (Å²) in [6, 6.07) is 0. The Hall–Kier alpha value is 0.140. The molecule has 0 aliphatic carbocycles. The molecule has 0 atom stereocenters. The zero-order valence-electron chi connectivity index (χ0n) is 3.89. The predicted octanol–water partition coefficient (Wildman–Crippen LogP) is 2.13. The van der Waals surface area contributed by atoms with Gasteiger partial charge in [-0.2, -0.15) is 0 Å². The highest BCUT2D eigenvalue weighted by Crippen LogP contribution is 2.06. The first-order chi connectivity index (χ1) is 3.39. The van der Waals surface area contributed by atoms with Crippen LogP contribution in [0.25, 0.3) is 0 Å². The number of halogens is 1. The molecule has 0 saturated heterocycles. The number of hydrogen-bond donors (Lipinski definition) is 0. The molecule has 0 bridgehead atoms. The SMILES string of the molecule is IC1=NC=CCC1. The number of rotatable bonds is 0. The van der Waals surface area contributed by atoms with Gasteiger partial charge in [0.25, 0.3) is 0 Å². The van der Waals surface area contributed by atoms with E-state index in [-0.39, 0.29) is 0 Å². The average molecular weight is 207 g/mol. The zero-order chi connectivity index (χ0) is 5.11. The Kier molecular flexibility index (Phi) is 1.85. The van der Waals surface area contributed by atoms with Gasteiger partial charge in [-0.1, -0.05) is 6.08 Å². The Morgan fingerprint density at radius 3 is 2.86 bits per heavy atom. The Balaban J connectivity index is 2.57. The maximum absolute atomic E-state index is 4.05. The molecule has 0 N–H and O–H groups in total. The Bertz CT molecular complexity index is 115. The van der Waals surface area contributed by atoms with Crippen LogP contribution in [0.5, 0.6) is 0 Å². The van der Waals surface area contributed by atoms with E-state index in [2.05, 4.69) is 33.7 Å². The van der Waals surface area contributed by atoms with Crippen LogP contribution >= 0.6 is 22.6 Å².